The molecule has 0 aromatic heterocycles. The minimum Gasteiger partial charge on any atom is -0.345 e. The fourth-order valence-electron chi connectivity index (χ4n) is 1.76. The summed E-state index contributed by atoms with van der Waals surface area (Å²) in [5, 5.41) is 0. The van der Waals surface area contributed by atoms with E-state index in [0.717, 1.165) is 19.3 Å². The van der Waals surface area contributed by atoms with Gasteiger partial charge in [-0.3, -0.25) is 4.79 Å². The third-order valence-corrected chi connectivity index (χ3v) is 2.89. The summed E-state index contributed by atoms with van der Waals surface area (Å²) in [5.74, 6) is 0. The number of likely N-dealkylation sites (N-methyl/N-ethyl adjacent to an activating group) is 1. The van der Waals surface area contributed by atoms with Gasteiger partial charge in [0.25, 0.3) is 0 Å². The zero-order chi connectivity index (χ0) is 13.8. The largest absolute Gasteiger partial charge is 0.345 e. The lowest BCUT2D eigenvalue weighted by atomic mass is 10.1. The Bertz CT molecular complexity index is 395. The highest BCUT2D eigenvalue weighted by Crippen LogP contribution is 2.06. The molecule has 1 aromatic carbocycles. The Labute approximate surface area is 116 Å². The fraction of sp³-hybridized carbons (Fsp3) is 0.353. The van der Waals surface area contributed by atoms with Crippen molar-refractivity contribution < 1.29 is 4.79 Å². The summed E-state index contributed by atoms with van der Waals surface area (Å²) in [6.07, 6.45) is 13.8. The zero-order valence-corrected chi connectivity index (χ0v) is 11.7. The SMILES string of the molecule is CN(C=O)C/C=C/C=C/CCCCc1ccccc1. The normalized spacial score (nSPS) is 11.2. The van der Waals surface area contributed by atoms with Crippen LogP contribution in [0.15, 0.2) is 54.6 Å². The lowest BCUT2D eigenvalue weighted by molar-refractivity contribution is -0.116. The Morgan fingerprint density at radius 2 is 1.79 bits per heavy atom. The maximum atomic E-state index is 10.3. The zero-order valence-electron chi connectivity index (χ0n) is 11.7. The van der Waals surface area contributed by atoms with E-state index in [-0.39, 0.29) is 0 Å². The van der Waals surface area contributed by atoms with E-state index in [1.165, 1.54) is 18.4 Å². The second kappa shape index (κ2) is 10.1. The number of nitrogens with zero attached hydrogens (tertiary/aromatic N) is 1. The lowest BCUT2D eigenvalue weighted by Crippen LogP contribution is -2.14. The fourth-order valence-corrected chi connectivity index (χ4v) is 1.76. The summed E-state index contributed by atoms with van der Waals surface area (Å²) < 4.78 is 0. The average molecular weight is 257 g/mol. The van der Waals surface area contributed by atoms with E-state index in [1.54, 1.807) is 11.9 Å². The molecule has 0 aliphatic heterocycles. The van der Waals surface area contributed by atoms with Gasteiger partial charge in [-0.1, -0.05) is 54.6 Å². The molecule has 0 heterocycles. The molecule has 102 valence electrons. The highest BCUT2D eigenvalue weighted by molar-refractivity contribution is 5.46. The van der Waals surface area contributed by atoms with Gasteiger partial charge in [-0.15, -0.1) is 0 Å². The van der Waals surface area contributed by atoms with Gasteiger partial charge in [0.1, 0.15) is 0 Å². The van der Waals surface area contributed by atoms with Gasteiger partial charge in [0.15, 0.2) is 0 Å². The van der Waals surface area contributed by atoms with Crippen LogP contribution in [0, 0.1) is 0 Å². The maximum absolute atomic E-state index is 10.3. The molecule has 0 fully saturated rings. The van der Waals surface area contributed by atoms with Crippen LogP contribution >= 0.6 is 0 Å². The number of amides is 1. The Morgan fingerprint density at radius 1 is 1.05 bits per heavy atom. The first-order valence-electron chi connectivity index (χ1n) is 6.84. The van der Waals surface area contributed by atoms with Crippen molar-refractivity contribution in [1.29, 1.82) is 0 Å². The van der Waals surface area contributed by atoms with Crippen molar-refractivity contribution in [3.05, 3.63) is 60.2 Å². The molecule has 2 heteroatoms. The molecular weight excluding hydrogens is 234 g/mol. The summed E-state index contributed by atoms with van der Waals surface area (Å²) in [6.45, 7) is 0.668. The summed E-state index contributed by atoms with van der Waals surface area (Å²) in [4.78, 5) is 11.9. The summed E-state index contributed by atoms with van der Waals surface area (Å²) in [7, 11) is 1.77. The lowest BCUT2D eigenvalue weighted by Gasteiger charge is -2.04. The molecule has 0 unspecified atom stereocenters. The molecule has 0 aliphatic rings. The van der Waals surface area contributed by atoms with Crippen molar-refractivity contribution in [3.8, 4) is 0 Å². The Morgan fingerprint density at radius 3 is 2.53 bits per heavy atom. The molecule has 0 spiro atoms. The number of rotatable bonds is 9. The van der Waals surface area contributed by atoms with Crippen LogP contribution in [0.2, 0.25) is 0 Å². The van der Waals surface area contributed by atoms with Crippen LogP contribution in [0.4, 0.5) is 0 Å². The number of hydrogen-bond acceptors (Lipinski definition) is 1. The predicted octanol–water partition coefficient (Wildman–Crippen LogP) is 3.60. The Kier molecular flexibility index (Phi) is 8.12. The highest BCUT2D eigenvalue weighted by atomic mass is 16.1. The molecule has 2 nitrogen and oxygen atoms in total. The van der Waals surface area contributed by atoms with Crippen LogP contribution in [-0.2, 0) is 11.2 Å². The van der Waals surface area contributed by atoms with E-state index < -0.39 is 0 Å². The molecule has 1 amide bonds. The Hall–Kier alpha value is -1.83. The summed E-state index contributed by atoms with van der Waals surface area (Å²) in [6, 6.07) is 10.6. The molecule has 0 atom stereocenters. The van der Waals surface area contributed by atoms with Crippen LogP contribution in [0.3, 0.4) is 0 Å². The van der Waals surface area contributed by atoms with Crippen molar-refractivity contribution in [3.63, 3.8) is 0 Å². The maximum Gasteiger partial charge on any atom is 0.209 e. The van der Waals surface area contributed by atoms with E-state index in [2.05, 4.69) is 42.5 Å². The molecule has 0 bridgehead atoms. The summed E-state index contributed by atoms with van der Waals surface area (Å²) in [5.41, 5.74) is 1.42. The third kappa shape index (κ3) is 7.98. The molecule has 0 saturated heterocycles. The van der Waals surface area contributed by atoms with Crippen LogP contribution in [0.5, 0.6) is 0 Å². The first-order valence-corrected chi connectivity index (χ1v) is 6.84. The molecule has 0 saturated carbocycles. The quantitative estimate of drug-likeness (QED) is 0.376. The minimum absolute atomic E-state index is 0.668. The van der Waals surface area contributed by atoms with Gasteiger partial charge in [0.05, 0.1) is 0 Å². The number of carbonyl (C=O) groups excluding carboxylic acids is 1. The standard InChI is InChI=1S/C17H23NO/c1-18(16-19)15-11-6-4-2-3-5-8-12-17-13-9-7-10-14-17/h2,4,6-7,9-11,13-14,16H,3,5,8,12,15H2,1H3/b4-2+,11-6+. The van der Waals surface area contributed by atoms with Crippen molar-refractivity contribution in [1.82, 2.24) is 4.90 Å². The number of aryl methyl sites for hydroxylation is 1. The van der Waals surface area contributed by atoms with E-state index in [4.69, 9.17) is 0 Å². The van der Waals surface area contributed by atoms with Gasteiger partial charge in [0, 0.05) is 13.6 Å². The third-order valence-electron chi connectivity index (χ3n) is 2.89. The van der Waals surface area contributed by atoms with Gasteiger partial charge in [-0.2, -0.15) is 0 Å². The highest BCUT2D eigenvalue weighted by Gasteiger charge is 1.90. The van der Waals surface area contributed by atoms with Gasteiger partial charge < -0.3 is 4.90 Å². The van der Waals surface area contributed by atoms with Crippen LogP contribution < -0.4 is 0 Å². The van der Waals surface area contributed by atoms with Gasteiger partial charge in [-0.05, 0) is 31.2 Å². The average Bonchev–Trinajstić information content (AvgIpc) is 2.46. The second-order valence-electron chi connectivity index (χ2n) is 4.63. The minimum atomic E-state index is 0.668. The smallest absolute Gasteiger partial charge is 0.209 e. The van der Waals surface area contributed by atoms with E-state index in [9.17, 15) is 4.79 Å². The van der Waals surface area contributed by atoms with Crippen LogP contribution in [0.25, 0.3) is 0 Å². The van der Waals surface area contributed by atoms with Crippen LogP contribution in [0.1, 0.15) is 24.8 Å². The van der Waals surface area contributed by atoms with Gasteiger partial charge in [-0.25, -0.2) is 0 Å². The topological polar surface area (TPSA) is 20.3 Å². The van der Waals surface area contributed by atoms with Gasteiger partial charge in [0.2, 0.25) is 6.41 Å². The molecule has 0 aliphatic carbocycles. The number of benzene rings is 1. The van der Waals surface area contributed by atoms with Crippen molar-refractivity contribution in [2.24, 2.45) is 0 Å². The Balaban J connectivity index is 2.03. The monoisotopic (exact) mass is 257 g/mol. The first-order chi connectivity index (χ1) is 9.33. The van der Waals surface area contributed by atoms with E-state index in [0.29, 0.717) is 6.54 Å². The van der Waals surface area contributed by atoms with Crippen molar-refractivity contribution >= 4 is 6.41 Å². The predicted molar refractivity (Wildman–Crippen MR) is 81.0 cm³/mol. The molecule has 1 aromatic rings. The molecule has 19 heavy (non-hydrogen) atoms. The van der Waals surface area contributed by atoms with E-state index >= 15 is 0 Å². The number of allylic oxidation sites excluding steroid dienone is 3. The molecule has 1 rings (SSSR count). The number of hydrogen-bond donors (Lipinski definition) is 0. The summed E-state index contributed by atoms with van der Waals surface area (Å²) >= 11 is 0. The second-order valence-corrected chi connectivity index (χ2v) is 4.63. The first kappa shape index (κ1) is 15.2. The van der Waals surface area contributed by atoms with Crippen molar-refractivity contribution in [2.45, 2.75) is 25.7 Å². The molecular formula is C17H23NO. The van der Waals surface area contributed by atoms with Gasteiger partial charge >= 0.3 is 0 Å². The van der Waals surface area contributed by atoms with E-state index in [1.807, 2.05) is 12.2 Å². The number of unbranched alkanes of at least 4 members (excludes halogenated alkanes) is 2. The van der Waals surface area contributed by atoms with Crippen LogP contribution in [-0.4, -0.2) is 24.9 Å². The molecule has 0 radical (unpaired) electrons. The number of carbonyl (C=O) groups is 1. The molecule has 0 N–H and O–H groups in total. The van der Waals surface area contributed by atoms with Crippen molar-refractivity contribution in [2.75, 3.05) is 13.6 Å².